The number of aromatic nitrogens is 3. The average molecular weight is 431 g/mol. The standard InChI is InChI=1S/C24H26N6O2/c1-16-14-28(10-11-29(16)18-6-7-19(26-13-18)23(31)25-2)15-17-5-8-21-20(12-17)27-24(32)22-4-3-9-30(21)22/h3-9,12-13,16H,10-11,14-15H2,1-2H3,(H,25,31)(H,27,32)/t16-/m1/s1. The fourth-order valence-electron chi connectivity index (χ4n) is 4.59. The van der Waals surface area contributed by atoms with Crippen molar-refractivity contribution in [2.45, 2.75) is 19.5 Å². The molecule has 0 spiro atoms. The van der Waals surface area contributed by atoms with Crippen molar-refractivity contribution in [1.29, 1.82) is 0 Å². The number of anilines is 1. The second kappa shape index (κ2) is 8.12. The molecule has 1 atom stereocenters. The van der Waals surface area contributed by atoms with Gasteiger partial charge in [0.1, 0.15) is 11.2 Å². The molecule has 1 aromatic carbocycles. The molecule has 5 rings (SSSR count). The van der Waals surface area contributed by atoms with Crippen LogP contribution in [0.2, 0.25) is 0 Å². The zero-order valence-corrected chi connectivity index (χ0v) is 18.2. The number of hydrogen-bond acceptors (Lipinski definition) is 5. The second-order valence-corrected chi connectivity index (χ2v) is 8.33. The fraction of sp³-hybridized carbons (Fsp3) is 0.292. The molecule has 0 aliphatic carbocycles. The largest absolute Gasteiger partial charge is 0.365 e. The summed E-state index contributed by atoms with van der Waals surface area (Å²) in [6.45, 7) is 5.76. The summed E-state index contributed by atoms with van der Waals surface area (Å²) < 4.78 is 1.93. The van der Waals surface area contributed by atoms with Crippen LogP contribution in [-0.4, -0.2) is 57.9 Å². The van der Waals surface area contributed by atoms with Crippen molar-refractivity contribution in [3.63, 3.8) is 0 Å². The van der Waals surface area contributed by atoms with Crippen molar-refractivity contribution in [2.24, 2.45) is 0 Å². The Morgan fingerprint density at radius 1 is 1.19 bits per heavy atom. The van der Waals surface area contributed by atoms with Crippen LogP contribution in [0.3, 0.4) is 0 Å². The molecule has 1 fully saturated rings. The van der Waals surface area contributed by atoms with E-state index in [9.17, 15) is 9.59 Å². The molecule has 2 N–H and O–H groups in total. The van der Waals surface area contributed by atoms with Crippen LogP contribution in [0.1, 0.15) is 23.0 Å². The maximum absolute atomic E-state index is 12.3. The summed E-state index contributed by atoms with van der Waals surface area (Å²) in [6.07, 6.45) is 3.70. The lowest BCUT2D eigenvalue weighted by molar-refractivity contribution is 0.0958. The van der Waals surface area contributed by atoms with Gasteiger partial charge < -0.3 is 19.6 Å². The summed E-state index contributed by atoms with van der Waals surface area (Å²) in [4.78, 5) is 36.1. The monoisotopic (exact) mass is 430 g/mol. The van der Waals surface area contributed by atoms with Gasteiger partial charge in [-0.05, 0) is 48.9 Å². The average Bonchev–Trinajstić information content (AvgIpc) is 3.30. The predicted molar refractivity (Wildman–Crippen MR) is 125 cm³/mol. The van der Waals surface area contributed by atoms with Crippen molar-refractivity contribution >= 4 is 28.1 Å². The molecular weight excluding hydrogens is 404 g/mol. The van der Waals surface area contributed by atoms with E-state index in [4.69, 9.17) is 0 Å². The zero-order valence-electron chi connectivity index (χ0n) is 18.2. The molecule has 4 heterocycles. The number of hydrogen-bond donors (Lipinski definition) is 2. The molecule has 1 aliphatic rings. The van der Waals surface area contributed by atoms with Gasteiger partial charge in [-0.2, -0.15) is 0 Å². The van der Waals surface area contributed by atoms with Crippen LogP contribution in [0.4, 0.5) is 5.69 Å². The Morgan fingerprint density at radius 2 is 2.06 bits per heavy atom. The highest BCUT2D eigenvalue weighted by Gasteiger charge is 2.24. The number of carbonyl (C=O) groups is 1. The Balaban J connectivity index is 1.29. The van der Waals surface area contributed by atoms with E-state index in [1.54, 1.807) is 19.3 Å². The number of piperazine rings is 1. The minimum Gasteiger partial charge on any atom is -0.365 e. The third-order valence-corrected chi connectivity index (χ3v) is 6.21. The number of nitrogens with one attached hydrogen (secondary N) is 2. The van der Waals surface area contributed by atoms with E-state index in [-0.39, 0.29) is 11.5 Å². The summed E-state index contributed by atoms with van der Waals surface area (Å²) in [6, 6.07) is 14.1. The quantitative estimate of drug-likeness (QED) is 0.519. The van der Waals surface area contributed by atoms with E-state index in [0.717, 1.165) is 42.9 Å². The van der Waals surface area contributed by atoms with E-state index in [2.05, 4.69) is 50.2 Å². The molecular formula is C24H26N6O2. The van der Waals surface area contributed by atoms with Gasteiger partial charge in [0.15, 0.2) is 0 Å². The summed E-state index contributed by atoms with van der Waals surface area (Å²) >= 11 is 0. The molecule has 0 unspecified atom stereocenters. The lowest BCUT2D eigenvalue weighted by Crippen LogP contribution is -2.51. The van der Waals surface area contributed by atoms with Gasteiger partial charge in [0.25, 0.3) is 11.5 Å². The van der Waals surface area contributed by atoms with Gasteiger partial charge in [-0.1, -0.05) is 6.07 Å². The van der Waals surface area contributed by atoms with Crippen LogP contribution >= 0.6 is 0 Å². The molecule has 8 nitrogen and oxygen atoms in total. The number of H-pyrrole nitrogens is 1. The number of nitrogens with zero attached hydrogens (tertiary/aromatic N) is 4. The Bertz CT molecular complexity index is 1340. The Morgan fingerprint density at radius 3 is 2.81 bits per heavy atom. The first kappa shape index (κ1) is 20.3. The highest BCUT2D eigenvalue weighted by atomic mass is 16.1. The molecule has 1 aliphatic heterocycles. The molecule has 0 radical (unpaired) electrons. The minimum atomic E-state index is -0.177. The highest BCUT2D eigenvalue weighted by Crippen LogP contribution is 2.22. The molecule has 3 aromatic heterocycles. The van der Waals surface area contributed by atoms with Crippen molar-refractivity contribution in [1.82, 2.24) is 24.6 Å². The zero-order chi connectivity index (χ0) is 22.2. The maximum atomic E-state index is 12.3. The fourth-order valence-corrected chi connectivity index (χ4v) is 4.59. The summed E-state index contributed by atoms with van der Waals surface area (Å²) in [5, 5.41) is 2.60. The van der Waals surface area contributed by atoms with Crippen LogP contribution in [0.15, 0.2) is 59.7 Å². The number of carbonyl (C=O) groups excluding carboxylic acids is 1. The van der Waals surface area contributed by atoms with E-state index in [1.165, 1.54) is 5.56 Å². The van der Waals surface area contributed by atoms with Crippen LogP contribution < -0.4 is 15.8 Å². The third kappa shape index (κ3) is 3.62. The van der Waals surface area contributed by atoms with Gasteiger partial charge in [0.05, 0.1) is 22.9 Å². The summed E-state index contributed by atoms with van der Waals surface area (Å²) in [5.41, 5.74) is 5.07. The lowest BCUT2D eigenvalue weighted by atomic mass is 10.1. The number of aromatic amines is 1. The van der Waals surface area contributed by atoms with Crippen molar-refractivity contribution in [2.75, 3.05) is 31.6 Å². The molecule has 1 amide bonds. The first-order valence-corrected chi connectivity index (χ1v) is 10.8. The first-order chi connectivity index (χ1) is 15.5. The van der Waals surface area contributed by atoms with Crippen molar-refractivity contribution in [3.8, 4) is 0 Å². The smallest absolute Gasteiger partial charge is 0.272 e. The van der Waals surface area contributed by atoms with Crippen molar-refractivity contribution in [3.05, 3.63) is 76.5 Å². The van der Waals surface area contributed by atoms with Crippen molar-refractivity contribution < 1.29 is 4.79 Å². The van der Waals surface area contributed by atoms with Crippen LogP contribution in [0.5, 0.6) is 0 Å². The lowest BCUT2D eigenvalue weighted by Gasteiger charge is -2.41. The maximum Gasteiger partial charge on any atom is 0.272 e. The Labute approximate surface area is 185 Å². The van der Waals surface area contributed by atoms with Crippen LogP contribution in [0, 0.1) is 0 Å². The SMILES string of the molecule is CNC(=O)c1ccc(N2CCN(Cc3ccc4c(c3)[nH]c(=O)c3cccn34)C[C@H]2C)cn1. The molecule has 4 aromatic rings. The van der Waals surface area contributed by atoms with E-state index >= 15 is 0 Å². The molecule has 1 saturated heterocycles. The molecule has 0 bridgehead atoms. The molecule has 164 valence electrons. The normalized spacial score (nSPS) is 17.2. The number of fused-ring (bicyclic) bond motifs is 3. The topological polar surface area (TPSA) is 85.7 Å². The summed E-state index contributed by atoms with van der Waals surface area (Å²) in [5.74, 6) is -0.177. The minimum absolute atomic E-state index is 0.0714. The third-order valence-electron chi connectivity index (χ3n) is 6.21. The molecule has 32 heavy (non-hydrogen) atoms. The summed E-state index contributed by atoms with van der Waals surface area (Å²) in [7, 11) is 1.60. The predicted octanol–water partition coefficient (Wildman–Crippen LogP) is 2.25. The van der Waals surface area contributed by atoms with Gasteiger partial charge in [-0.25, -0.2) is 4.98 Å². The van der Waals surface area contributed by atoms with Crippen LogP contribution in [-0.2, 0) is 6.54 Å². The van der Waals surface area contributed by atoms with E-state index < -0.39 is 0 Å². The number of pyridine rings is 1. The van der Waals surface area contributed by atoms with Gasteiger partial charge in [0, 0.05) is 45.5 Å². The number of amides is 1. The van der Waals surface area contributed by atoms with Gasteiger partial charge in [-0.3, -0.25) is 14.5 Å². The molecule has 8 heteroatoms. The number of benzene rings is 1. The Hall–Kier alpha value is -3.65. The van der Waals surface area contributed by atoms with E-state index in [0.29, 0.717) is 17.3 Å². The second-order valence-electron chi connectivity index (χ2n) is 8.33. The molecule has 0 saturated carbocycles. The van der Waals surface area contributed by atoms with Gasteiger partial charge in [0.2, 0.25) is 0 Å². The number of rotatable bonds is 4. The first-order valence-electron chi connectivity index (χ1n) is 10.8. The van der Waals surface area contributed by atoms with E-state index in [1.807, 2.05) is 28.8 Å². The van der Waals surface area contributed by atoms with Gasteiger partial charge >= 0.3 is 0 Å². The van der Waals surface area contributed by atoms with Crippen LogP contribution in [0.25, 0.3) is 16.6 Å². The Kier molecular flexibility index (Phi) is 5.14. The highest BCUT2D eigenvalue weighted by molar-refractivity contribution is 5.92. The van der Waals surface area contributed by atoms with Gasteiger partial charge in [-0.15, -0.1) is 0 Å².